The van der Waals surface area contributed by atoms with Crippen LogP contribution in [-0.2, 0) is 17.3 Å². The van der Waals surface area contributed by atoms with Crippen LogP contribution in [0.3, 0.4) is 0 Å². The molecule has 23 heavy (non-hydrogen) atoms. The summed E-state index contributed by atoms with van der Waals surface area (Å²) in [5, 5.41) is 5.61. The second-order valence-electron chi connectivity index (χ2n) is 5.80. The Balaban J connectivity index is 1.49. The van der Waals surface area contributed by atoms with Crippen LogP contribution >= 0.6 is 0 Å². The minimum absolute atomic E-state index is 0.248. The quantitative estimate of drug-likeness (QED) is 0.880. The highest BCUT2D eigenvalue weighted by Crippen LogP contribution is 2.39. The van der Waals surface area contributed by atoms with Crippen LogP contribution in [0.1, 0.15) is 29.9 Å². The fraction of sp³-hybridized carbons (Fsp3) is 0.278. The molecule has 1 atom stereocenters. The van der Waals surface area contributed by atoms with Gasteiger partial charge in [0.25, 0.3) is 0 Å². The standard InChI is InChI=1S/C18H20N2O2S/c1-23(22)17-10-8-16(9-11-17)20-18(21)19-12-13-2-4-14(5-3-13)15-6-7-15/h2-5,8-11,15H,6-7,12H2,1H3,(H2,19,20,21). The first-order valence-corrected chi connectivity index (χ1v) is 9.25. The topological polar surface area (TPSA) is 58.2 Å². The summed E-state index contributed by atoms with van der Waals surface area (Å²) in [6, 6.07) is 15.2. The van der Waals surface area contributed by atoms with Crippen molar-refractivity contribution < 1.29 is 9.00 Å². The van der Waals surface area contributed by atoms with Crippen molar-refractivity contribution in [1.82, 2.24) is 5.32 Å². The molecule has 0 heterocycles. The molecular weight excluding hydrogens is 308 g/mol. The molecule has 5 heteroatoms. The maximum absolute atomic E-state index is 11.9. The lowest BCUT2D eigenvalue weighted by molar-refractivity contribution is 0.251. The predicted octanol–water partition coefficient (Wildman–Crippen LogP) is 3.62. The summed E-state index contributed by atoms with van der Waals surface area (Å²) in [6.07, 6.45) is 4.22. The number of nitrogens with one attached hydrogen (secondary N) is 2. The first-order valence-electron chi connectivity index (χ1n) is 7.69. The minimum atomic E-state index is -1.01. The van der Waals surface area contributed by atoms with Gasteiger partial charge in [0.2, 0.25) is 0 Å². The Morgan fingerprint density at radius 1 is 1.09 bits per heavy atom. The summed E-state index contributed by atoms with van der Waals surface area (Å²) in [6.45, 7) is 0.494. The number of carbonyl (C=O) groups excluding carboxylic acids is 1. The highest BCUT2D eigenvalue weighted by molar-refractivity contribution is 7.84. The molecule has 2 aromatic rings. The van der Waals surface area contributed by atoms with Gasteiger partial charge in [-0.3, -0.25) is 4.21 Å². The molecule has 0 radical (unpaired) electrons. The van der Waals surface area contributed by atoms with Gasteiger partial charge in [-0.2, -0.15) is 0 Å². The fourth-order valence-corrected chi connectivity index (χ4v) is 2.93. The summed E-state index contributed by atoms with van der Waals surface area (Å²) >= 11 is 0. The zero-order valence-corrected chi connectivity index (χ0v) is 13.9. The zero-order chi connectivity index (χ0) is 16.2. The zero-order valence-electron chi connectivity index (χ0n) is 13.0. The summed E-state index contributed by atoms with van der Waals surface area (Å²) in [5.41, 5.74) is 3.16. The molecule has 0 aliphatic heterocycles. The van der Waals surface area contributed by atoms with Gasteiger partial charge in [0, 0.05) is 34.2 Å². The molecule has 1 saturated carbocycles. The van der Waals surface area contributed by atoms with Crippen molar-refractivity contribution in [3.8, 4) is 0 Å². The van der Waals surface area contributed by atoms with Crippen molar-refractivity contribution in [2.24, 2.45) is 0 Å². The van der Waals surface area contributed by atoms with Gasteiger partial charge in [-0.15, -0.1) is 0 Å². The lowest BCUT2D eigenvalue weighted by atomic mass is 10.1. The summed E-state index contributed by atoms with van der Waals surface area (Å²) in [4.78, 5) is 12.6. The van der Waals surface area contributed by atoms with E-state index in [0.717, 1.165) is 16.4 Å². The van der Waals surface area contributed by atoms with Crippen molar-refractivity contribution in [3.05, 3.63) is 59.7 Å². The number of urea groups is 1. The Morgan fingerprint density at radius 2 is 1.74 bits per heavy atom. The van der Waals surface area contributed by atoms with Crippen LogP contribution in [0, 0.1) is 0 Å². The van der Waals surface area contributed by atoms with Gasteiger partial charge in [-0.05, 0) is 54.2 Å². The smallest absolute Gasteiger partial charge is 0.319 e. The van der Waals surface area contributed by atoms with E-state index in [1.54, 1.807) is 30.5 Å². The summed E-state index contributed by atoms with van der Waals surface area (Å²) in [5.74, 6) is 0.751. The Bertz CT molecular complexity index is 707. The Labute approximate surface area is 138 Å². The molecule has 2 amide bonds. The number of benzene rings is 2. The van der Waals surface area contributed by atoms with E-state index in [1.807, 2.05) is 0 Å². The van der Waals surface area contributed by atoms with E-state index in [0.29, 0.717) is 12.2 Å². The van der Waals surface area contributed by atoms with Crippen molar-refractivity contribution in [2.45, 2.75) is 30.2 Å². The average Bonchev–Trinajstić information content (AvgIpc) is 3.39. The largest absolute Gasteiger partial charge is 0.334 e. The van der Waals surface area contributed by atoms with E-state index in [-0.39, 0.29) is 6.03 Å². The van der Waals surface area contributed by atoms with E-state index in [9.17, 15) is 9.00 Å². The number of hydrogen-bond donors (Lipinski definition) is 2. The molecule has 2 aromatic carbocycles. The van der Waals surface area contributed by atoms with E-state index in [4.69, 9.17) is 0 Å². The predicted molar refractivity (Wildman–Crippen MR) is 93.0 cm³/mol. The normalized spacial score (nSPS) is 15.0. The van der Waals surface area contributed by atoms with Crippen LogP contribution in [0.15, 0.2) is 53.4 Å². The molecule has 120 valence electrons. The van der Waals surface area contributed by atoms with Crippen LogP contribution in [0.4, 0.5) is 10.5 Å². The second kappa shape index (κ2) is 6.96. The third kappa shape index (κ3) is 4.42. The van der Waals surface area contributed by atoms with Crippen LogP contribution in [0.5, 0.6) is 0 Å². The molecule has 1 aliphatic rings. The lowest BCUT2D eigenvalue weighted by Crippen LogP contribution is -2.28. The number of anilines is 1. The van der Waals surface area contributed by atoms with Gasteiger partial charge in [-0.1, -0.05) is 24.3 Å². The van der Waals surface area contributed by atoms with E-state index >= 15 is 0 Å². The average molecular weight is 328 g/mol. The van der Waals surface area contributed by atoms with E-state index in [1.165, 1.54) is 18.4 Å². The number of amides is 2. The Morgan fingerprint density at radius 3 is 2.30 bits per heavy atom. The van der Waals surface area contributed by atoms with Crippen molar-refractivity contribution in [2.75, 3.05) is 11.6 Å². The molecule has 1 aliphatic carbocycles. The third-order valence-corrected chi connectivity index (χ3v) is 4.86. The first-order chi connectivity index (χ1) is 11.1. The highest BCUT2D eigenvalue weighted by Gasteiger charge is 2.22. The molecule has 3 rings (SSSR count). The molecule has 2 N–H and O–H groups in total. The highest BCUT2D eigenvalue weighted by atomic mass is 32.2. The van der Waals surface area contributed by atoms with Crippen molar-refractivity contribution in [1.29, 1.82) is 0 Å². The van der Waals surface area contributed by atoms with Crippen molar-refractivity contribution >= 4 is 22.5 Å². The Kier molecular flexibility index (Phi) is 4.76. The van der Waals surface area contributed by atoms with Crippen LogP contribution in [-0.4, -0.2) is 16.5 Å². The molecule has 1 unspecified atom stereocenters. The second-order valence-corrected chi connectivity index (χ2v) is 7.18. The van der Waals surface area contributed by atoms with Gasteiger partial charge >= 0.3 is 6.03 Å². The summed E-state index contributed by atoms with van der Waals surface area (Å²) in [7, 11) is -1.01. The van der Waals surface area contributed by atoms with Gasteiger partial charge in [-0.25, -0.2) is 4.79 Å². The number of carbonyl (C=O) groups is 1. The van der Waals surface area contributed by atoms with E-state index in [2.05, 4.69) is 34.9 Å². The molecular formula is C18H20N2O2S. The van der Waals surface area contributed by atoms with Gasteiger partial charge < -0.3 is 10.6 Å². The molecule has 0 saturated heterocycles. The van der Waals surface area contributed by atoms with Gasteiger partial charge in [0.1, 0.15) is 0 Å². The summed E-state index contributed by atoms with van der Waals surface area (Å²) < 4.78 is 11.3. The third-order valence-electron chi connectivity index (χ3n) is 3.93. The fourth-order valence-electron chi connectivity index (χ4n) is 2.41. The maximum Gasteiger partial charge on any atom is 0.319 e. The first kappa shape index (κ1) is 15.7. The SMILES string of the molecule is CS(=O)c1ccc(NC(=O)NCc2ccc(C3CC3)cc2)cc1. The van der Waals surface area contributed by atoms with Crippen LogP contribution in [0.25, 0.3) is 0 Å². The van der Waals surface area contributed by atoms with E-state index < -0.39 is 10.8 Å². The Hall–Kier alpha value is -2.14. The van der Waals surface area contributed by atoms with Crippen LogP contribution in [0.2, 0.25) is 0 Å². The number of hydrogen-bond acceptors (Lipinski definition) is 2. The molecule has 0 bridgehead atoms. The van der Waals surface area contributed by atoms with Gasteiger partial charge in [0.15, 0.2) is 0 Å². The molecule has 1 fully saturated rings. The number of rotatable bonds is 5. The van der Waals surface area contributed by atoms with Crippen LogP contribution < -0.4 is 10.6 Å². The molecule has 0 spiro atoms. The minimum Gasteiger partial charge on any atom is -0.334 e. The molecule has 4 nitrogen and oxygen atoms in total. The monoisotopic (exact) mass is 328 g/mol. The van der Waals surface area contributed by atoms with Crippen molar-refractivity contribution in [3.63, 3.8) is 0 Å². The lowest BCUT2D eigenvalue weighted by Gasteiger charge is -2.08. The molecule has 0 aromatic heterocycles. The van der Waals surface area contributed by atoms with Gasteiger partial charge in [0.05, 0.1) is 0 Å². The maximum atomic E-state index is 11.9.